The molecule has 222 valence electrons. The van der Waals surface area contributed by atoms with Crippen LogP contribution in [0.25, 0.3) is 0 Å². The monoisotopic (exact) mass is 584 g/mol. The van der Waals surface area contributed by atoms with Crippen molar-refractivity contribution in [1.29, 1.82) is 0 Å². The highest BCUT2D eigenvalue weighted by atomic mass is 35.5. The molecular formula is C31H41ClN4O5. The van der Waals surface area contributed by atoms with E-state index in [2.05, 4.69) is 29.4 Å². The van der Waals surface area contributed by atoms with Gasteiger partial charge in [0.2, 0.25) is 17.7 Å². The molecule has 10 heteroatoms. The zero-order valence-electron chi connectivity index (χ0n) is 23.9. The number of amides is 3. The molecule has 6 rings (SSSR count). The fourth-order valence-corrected chi connectivity index (χ4v) is 7.73. The van der Waals surface area contributed by atoms with Crippen molar-refractivity contribution >= 4 is 35.0 Å². The first kappa shape index (κ1) is 28.6. The number of nitrogens with one attached hydrogen (secondary N) is 2. The summed E-state index contributed by atoms with van der Waals surface area (Å²) in [5, 5.41) is 6.84. The molecule has 0 aromatic heterocycles. The molecule has 9 nitrogen and oxygen atoms in total. The second-order valence-corrected chi connectivity index (χ2v) is 12.9. The average Bonchev–Trinajstić information content (AvgIpc) is 3.60. The van der Waals surface area contributed by atoms with Gasteiger partial charge in [-0.3, -0.25) is 19.3 Å². The van der Waals surface area contributed by atoms with Crippen LogP contribution in [0.5, 0.6) is 0 Å². The zero-order chi connectivity index (χ0) is 28.7. The van der Waals surface area contributed by atoms with Gasteiger partial charge >= 0.3 is 0 Å². The Labute approximate surface area is 246 Å². The quantitative estimate of drug-likeness (QED) is 0.456. The molecule has 1 saturated carbocycles. The fraction of sp³-hybridized carbons (Fsp3) is 0.645. The summed E-state index contributed by atoms with van der Waals surface area (Å²) < 4.78 is 12.0. The molecular weight excluding hydrogens is 544 g/mol. The van der Waals surface area contributed by atoms with Gasteiger partial charge in [0.25, 0.3) is 0 Å². The van der Waals surface area contributed by atoms with Crippen molar-refractivity contribution in [1.82, 2.24) is 15.1 Å². The SMILES string of the molecule is C[C@H]1[C@H](C)CCC[C@@H]1NC(=O)[C@@H]1N(CCCN2CCOCC2)C(=O)[C@@H]2[C@@H](C(=O)Nc3ccc(Cl)cc3)[C@@H]3C=C[C@]21O3. The molecule has 1 aliphatic carbocycles. The van der Waals surface area contributed by atoms with Crippen LogP contribution in [0.2, 0.25) is 5.02 Å². The van der Waals surface area contributed by atoms with E-state index >= 15 is 0 Å². The summed E-state index contributed by atoms with van der Waals surface area (Å²) in [5.74, 6) is -1.26. The van der Waals surface area contributed by atoms with Crippen molar-refractivity contribution in [3.8, 4) is 0 Å². The Balaban J connectivity index is 1.24. The maximum Gasteiger partial charge on any atom is 0.246 e. The summed E-state index contributed by atoms with van der Waals surface area (Å²) in [4.78, 5) is 46.0. The second-order valence-electron chi connectivity index (χ2n) is 12.4. The van der Waals surface area contributed by atoms with Crippen LogP contribution in [0.4, 0.5) is 5.69 Å². The first-order chi connectivity index (χ1) is 19.8. The van der Waals surface area contributed by atoms with Gasteiger partial charge in [-0.25, -0.2) is 0 Å². The minimum atomic E-state index is -1.16. The summed E-state index contributed by atoms with van der Waals surface area (Å²) in [6.07, 6.45) is 7.07. The molecule has 4 fully saturated rings. The third-order valence-corrected chi connectivity index (χ3v) is 10.3. The van der Waals surface area contributed by atoms with Gasteiger partial charge in [0.05, 0.1) is 31.2 Å². The lowest BCUT2D eigenvalue weighted by Crippen LogP contribution is -2.58. The predicted octanol–water partition coefficient (Wildman–Crippen LogP) is 3.09. The molecule has 4 heterocycles. The van der Waals surface area contributed by atoms with E-state index in [4.69, 9.17) is 21.1 Å². The molecule has 2 bridgehead atoms. The van der Waals surface area contributed by atoms with Gasteiger partial charge in [0.1, 0.15) is 11.6 Å². The smallest absolute Gasteiger partial charge is 0.246 e. The normalized spacial score (nSPS) is 36.4. The first-order valence-corrected chi connectivity index (χ1v) is 15.5. The Morgan fingerprint density at radius 1 is 1.07 bits per heavy atom. The molecule has 41 heavy (non-hydrogen) atoms. The van der Waals surface area contributed by atoms with Crippen LogP contribution in [0.15, 0.2) is 36.4 Å². The Hall–Kier alpha value is -2.46. The van der Waals surface area contributed by atoms with Gasteiger partial charge in [-0.15, -0.1) is 0 Å². The minimum Gasteiger partial charge on any atom is -0.379 e. The molecule has 8 atom stereocenters. The van der Waals surface area contributed by atoms with Crippen molar-refractivity contribution in [3.63, 3.8) is 0 Å². The minimum absolute atomic E-state index is 0.0542. The fourth-order valence-electron chi connectivity index (χ4n) is 7.60. The predicted molar refractivity (Wildman–Crippen MR) is 155 cm³/mol. The van der Waals surface area contributed by atoms with Crippen LogP contribution in [-0.2, 0) is 23.9 Å². The number of carbonyl (C=O) groups excluding carboxylic acids is 3. The van der Waals surface area contributed by atoms with Gasteiger partial charge in [-0.05, 0) is 48.9 Å². The third kappa shape index (κ3) is 5.31. The number of likely N-dealkylation sites (tertiary alicyclic amines) is 1. The van der Waals surface area contributed by atoms with E-state index in [9.17, 15) is 14.4 Å². The molecule has 4 aliphatic heterocycles. The average molecular weight is 585 g/mol. The van der Waals surface area contributed by atoms with Crippen LogP contribution < -0.4 is 10.6 Å². The van der Waals surface area contributed by atoms with E-state index in [0.717, 1.165) is 45.3 Å². The third-order valence-electron chi connectivity index (χ3n) is 10.0. The maximum absolute atomic E-state index is 14.2. The van der Waals surface area contributed by atoms with Gasteiger partial charge in [0.15, 0.2) is 0 Å². The van der Waals surface area contributed by atoms with Crippen LogP contribution in [0.1, 0.15) is 39.5 Å². The van der Waals surface area contributed by atoms with Crippen molar-refractivity contribution in [3.05, 3.63) is 41.4 Å². The summed E-state index contributed by atoms with van der Waals surface area (Å²) in [7, 11) is 0. The molecule has 2 N–H and O–H groups in total. The first-order valence-electron chi connectivity index (χ1n) is 15.1. The largest absolute Gasteiger partial charge is 0.379 e. The second kappa shape index (κ2) is 11.7. The lowest BCUT2D eigenvalue weighted by Gasteiger charge is -2.38. The molecule has 5 aliphatic rings. The van der Waals surface area contributed by atoms with E-state index in [1.807, 2.05) is 12.2 Å². The number of halogens is 1. The number of hydrogen-bond donors (Lipinski definition) is 2. The Morgan fingerprint density at radius 3 is 2.59 bits per heavy atom. The number of fused-ring (bicyclic) bond motifs is 1. The lowest BCUT2D eigenvalue weighted by atomic mass is 9.73. The van der Waals surface area contributed by atoms with Gasteiger partial charge in [-0.1, -0.05) is 50.4 Å². The van der Waals surface area contributed by atoms with Crippen LogP contribution in [0.3, 0.4) is 0 Å². The highest BCUT2D eigenvalue weighted by Gasteiger charge is 2.72. The van der Waals surface area contributed by atoms with E-state index in [0.29, 0.717) is 42.3 Å². The van der Waals surface area contributed by atoms with Crippen LogP contribution in [0, 0.1) is 23.7 Å². The number of morpholine rings is 1. The number of anilines is 1. The summed E-state index contributed by atoms with van der Waals surface area (Å²) >= 11 is 6.02. The standard InChI is InChI=1S/C31H41ClN4O5/c1-19-5-3-6-23(20(19)2)34-29(38)27-31-12-11-24(41-31)25(28(37)33-22-9-7-21(32)8-10-22)26(31)30(39)36(27)14-4-13-35-15-17-40-18-16-35/h7-12,19-20,23-27H,3-6,13-18H2,1-2H3,(H,33,37)(H,34,38)/t19-,20+,23+,24+,25+,26+,27+,31+/m1/s1. The summed E-state index contributed by atoms with van der Waals surface area (Å²) in [6.45, 7) is 8.83. The maximum atomic E-state index is 14.2. The van der Waals surface area contributed by atoms with E-state index in [1.54, 1.807) is 29.2 Å². The number of rotatable bonds is 8. The Kier molecular flexibility index (Phi) is 8.15. The number of benzene rings is 1. The number of hydrogen-bond acceptors (Lipinski definition) is 6. The summed E-state index contributed by atoms with van der Waals surface area (Å²) in [5.41, 5.74) is -0.557. The molecule has 0 unspecified atom stereocenters. The molecule has 1 spiro atoms. The van der Waals surface area contributed by atoms with Crippen molar-refractivity contribution in [2.75, 3.05) is 44.7 Å². The topological polar surface area (TPSA) is 100 Å². The zero-order valence-corrected chi connectivity index (χ0v) is 24.6. The molecule has 0 radical (unpaired) electrons. The van der Waals surface area contributed by atoms with Crippen molar-refractivity contribution < 1.29 is 23.9 Å². The summed E-state index contributed by atoms with van der Waals surface area (Å²) in [6, 6.07) is 6.12. The number of nitrogens with zero attached hydrogens (tertiary/aromatic N) is 2. The van der Waals surface area contributed by atoms with E-state index < -0.39 is 29.6 Å². The molecule has 3 amide bonds. The van der Waals surface area contributed by atoms with Crippen LogP contribution in [-0.4, -0.2) is 90.7 Å². The Bertz CT molecular complexity index is 1190. The van der Waals surface area contributed by atoms with Gasteiger partial charge in [-0.2, -0.15) is 0 Å². The number of ether oxygens (including phenoxy) is 2. The van der Waals surface area contributed by atoms with Crippen molar-refractivity contribution in [2.24, 2.45) is 23.7 Å². The highest BCUT2D eigenvalue weighted by Crippen LogP contribution is 2.55. The van der Waals surface area contributed by atoms with Gasteiger partial charge in [0, 0.05) is 42.9 Å². The Morgan fingerprint density at radius 2 is 1.83 bits per heavy atom. The van der Waals surface area contributed by atoms with Crippen molar-refractivity contribution in [2.45, 2.75) is 63.3 Å². The molecule has 1 aromatic rings. The van der Waals surface area contributed by atoms with E-state index in [1.165, 1.54) is 0 Å². The van der Waals surface area contributed by atoms with Crippen LogP contribution >= 0.6 is 11.6 Å². The molecule has 1 aromatic carbocycles. The van der Waals surface area contributed by atoms with Gasteiger partial charge < -0.3 is 25.0 Å². The lowest BCUT2D eigenvalue weighted by molar-refractivity contribution is -0.141. The number of carbonyl (C=O) groups is 3. The van der Waals surface area contributed by atoms with E-state index in [-0.39, 0.29) is 23.8 Å². The highest BCUT2D eigenvalue weighted by molar-refractivity contribution is 6.30. The molecule has 3 saturated heterocycles.